The summed E-state index contributed by atoms with van der Waals surface area (Å²) >= 11 is 0. The van der Waals surface area contributed by atoms with Gasteiger partial charge in [0.15, 0.2) is 0 Å². The Labute approximate surface area is 141 Å². The van der Waals surface area contributed by atoms with Gasteiger partial charge >= 0.3 is 0 Å². The van der Waals surface area contributed by atoms with E-state index in [0.717, 1.165) is 24.1 Å². The van der Waals surface area contributed by atoms with Crippen LogP contribution in [-0.2, 0) is 4.79 Å². The van der Waals surface area contributed by atoms with Crippen molar-refractivity contribution in [2.45, 2.75) is 19.8 Å². The third-order valence-corrected chi connectivity index (χ3v) is 4.14. The molecule has 0 aliphatic heterocycles. The molecule has 0 atom stereocenters. The maximum Gasteiger partial charge on any atom is 0.255 e. The van der Waals surface area contributed by atoms with Crippen molar-refractivity contribution < 1.29 is 14.3 Å². The summed E-state index contributed by atoms with van der Waals surface area (Å²) < 4.78 is 5.09. The topological polar surface area (TPSA) is 67.4 Å². The number of hydrogen-bond acceptors (Lipinski definition) is 3. The molecule has 2 amide bonds. The lowest BCUT2D eigenvalue weighted by Gasteiger charge is -2.13. The molecule has 2 aromatic carbocycles. The van der Waals surface area contributed by atoms with Crippen LogP contribution in [0, 0.1) is 12.8 Å². The van der Waals surface area contributed by atoms with Gasteiger partial charge < -0.3 is 15.4 Å². The molecular formula is C19H20N2O3. The number of hydrogen-bond donors (Lipinski definition) is 2. The van der Waals surface area contributed by atoms with Crippen LogP contribution in [0.2, 0.25) is 0 Å². The second kappa shape index (κ2) is 6.74. The maximum absolute atomic E-state index is 12.4. The molecular weight excluding hydrogens is 304 g/mol. The van der Waals surface area contributed by atoms with Gasteiger partial charge in [0.25, 0.3) is 5.91 Å². The second-order valence-corrected chi connectivity index (χ2v) is 5.92. The van der Waals surface area contributed by atoms with Crippen LogP contribution in [0.4, 0.5) is 11.4 Å². The van der Waals surface area contributed by atoms with Gasteiger partial charge in [-0.2, -0.15) is 0 Å². The van der Waals surface area contributed by atoms with Crippen molar-refractivity contribution in [1.82, 2.24) is 0 Å². The summed E-state index contributed by atoms with van der Waals surface area (Å²) in [6.45, 7) is 1.88. The molecule has 0 saturated heterocycles. The highest BCUT2D eigenvalue weighted by Gasteiger charge is 2.29. The zero-order valence-electron chi connectivity index (χ0n) is 13.8. The molecule has 3 rings (SSSR count). The monoisotopic (exact) mass is 324 g/mol. The molecule has 0 heterocycles. The quantitative estimate of drug-likeness (QED) is 0.883. The predicted octanol–water partition coefficient (Wildman–Crippen LogP) is 3.60. The molecule has 1 aliphatic carbocycles. The second-order valence-electron chi connectivity index (χ2n) is 5.92. The molecule has 5 heteroatoms. The number of benzene rings is 2. The normalized spacial score (nSPS) is 13.2. The summed E-state index contributed by atoms with van der Waals surface area (Å²) in [5.41, 5.74) is 2.81. The minimum Gasteiger partial charge on any atom is -0.497 e. The van der Waals surface area contributed by atoms with E-state index in [1.165, 1.54) is 0 Å². The predicted molar refractivity (Wildman–Crippen MR) is 93.5 cm³/mol. The van der Waals surface area contributed by atoms with Gasteiger partial charge in [-0.25, -0.2) is 0 Å². The number of rotatable bonds is 5. The Morgan fingerprint density at radius 1 is 1.00 bits per heavy atom. The van der Waals surface area contributed by atoms with Crippen molar-refractivity contribution >= 4 is 23.2 Å². The summed E-state index contributed by atoms with van der Waals surface area (Å²) in [5.74, 6) is 0.692. The lowest BCUT2D eigenvalue weighted by molar-refractivity contribution is -0.117. The molecule has 2 N–H and O–H groups in total. The van der Waals surface area contributed by atoms with Gasteiger partial charge in [0.05, 0.1) is 7.11 Å². The van der Waals surface area contributed by atoms with Crippen molar-refractivity contribution in [3.05, 3.63) is 53.6 Å². The Bertz CT molecular complexity index is 765. The summed E-state index contributed by atoms with van der Waals surface area (Å²) in [6.07, 6.45) is 1.91. The average Bonchev–Trinajstić information content (AvgIpc) is 3.43. The lowest BCUT2D eigenvalue weighted by Crippen LogP contribution is -2.16. The highest BCUT2D eigenvalue weighted by Crippen LogP contribution is 2.31. The van der Waals surface area contributed by atoms with Crippen LogP contribution < -0.4 is 15.4 Å². The number of amides is 2. The van der Waals surface area contributed by atoms with E-state index in [1.807, 2.05) is 25.1 Å². The molecule has 24 heavy (non-hydrogen) atoms. The fourth-order valence-corrected chi connectivity index (χ4v) is 2.42. The maximum atomic E-state index is 12.4. The molecule has 0 unspecified atom stereocenters. The van der Waals surface area contributed by atoms with Crippen molar-refractivity contribution in [3.63, 3.8) is 0 Å². The van der Waals surface area contributed by atoms with Crippen LogP contribution in [-0.4, -0.2) is 18.9 Å². The number of carbonyl (C=O) groups excluding carboxylic acids is 2. The summed E-state index contributed by atoms with van der Waals surface area (Å²) in [7, 11) is 1.58. The Hall–Kier alpha value is -2.82. The smallest absolute Gasteiger partial charge is 0.255 e. The van der Waals surface area contributed by atoms with Crippen LogP contribution in [0.25, 0.3) is 0 Å². The largest absolute Gasteiger partial charge is 0.497 e. The molecule has 1 aliphatic rings. The standard InChI is InChI=1S/C19H20N2O3/c1-12-16(20-18(22)13-6-7-13)4-3-5-17(12)21-19(23)14-8-10-15(24-2)11-9-14/h3-5,8-11,13H,6-7H2,1-2H3,(H,20,22)(H,21,23). The van der Waals surface area contributed by atoms with Gasteiger partial charge in [0, 0.05) is 22.9 Å². The van der Waals surface area contributed by atoms with E-state index in [4.69, 9.17) is 4.74 Å². The Morgan fingerprint density at radius 3 is 2.21 bits per heavy atom. The molecule has 0 bridgehead atoms. The average molecular weight is 324 g/mol. The third kappa shape index (κ3) is 3.56. The minimum atomic E-state index is -0.202. The van der Waals surface area contributed by atoms with E-state index in [1.54, 1.807) is 31.4 Å². The SMILES string of the molecule is COc1ccc(C(=O)Nc2cccc(NC(=O)C3CC3)c2C)cc1. The zero-order chi connectivity index (χ0) is 17.1. The van der Waals surface area contributed by atoms with Crippen LogP contribution in [0.5, 0.6) is 5.75 Å². The van der Waals surface area contributed by atoms with Gasteiger partial charge in [0.1, 0.15) is 5.75 Å². The molecule has 0 radical (unpaired) electrons. The van der Waals surface area contributed by atoms with Crippen LogP contribution in [0.3, 0.4) is 0 Å². The Balaban J connectivity index is 1.73. The van der Waals surface area contributed by atoms with E-state index in [0.29, 0.717) is 17.0 Å². The van der Waals surface area contributed by atoms with Crippen molar-refractivity contribution in [2.75, 3.05) is 17.7 Å². The molecule has 124 valence electrons. The minimum absolute atomic E-state index is 0.0525. The van der Waals surface area contributed by atoms with Crippen LogP contribution >= 0.6 is 0 Å². The molecule has 1 fully saturated rings. The van der Waals surface area contributed by atoms with E-state index in [-0.39, 0.29) is 17.7 Å². The van der Waals surface area contributed by atoms with Crippen LogP contribution in [0.15, 0.2) is 42.5 Å². The van der Waals surface area contributed by atoms with Gasteiger partial charge in [0.2, 0.25) is 5.91 Å². The molecule has 0 aromatic heterocycles. The van der Waals surface area contributed by atoms with Gasteiger partial charge in [-0.15, -0.1) is 0 Å². The Morgan fingerprint density at radius 2 is 1.62 bits per heavy atom. The van der Waals surface area contributed by atoms with E-state index < -0.39 is 0 Å². The van der Waals surface area contributed by atoms with E-state index in [9.17, 15) is 9.59 Å². The number of nitrogens with one attached hydrogen (secondary N) is 2. The number of ether oxygens (including phenoxy) is 1. The van der Waals surface area contributed by atoms with Gasteiger partial charge in [-0.05, 0) is 61.7 Å². The highest BCUT2D eigenvalue weighted by atomic mass is 16.5. The van der Waals surface area contributed by atoms with Crippen molar-refractivity contribution in [3.8, 4) is 5.75 Å². The highest BCUT2D eigenvalue weighted by molar-refractivity contribution is 6.05. The number of carbonyl (C=O) groups is 2. The van der Waals surface area contributed by atoms with E-state index >= 15 is 0 Å². The summed E-state index contributed by atoms with van der Waals surface area (Å²) in [5, 5.41) is 5.83. The first-order valence-corrected chi connectivity index (χ1v) is 7.94. The molecule has 1 saturated carbocycles. The first-order valence-electron chi connectivity index (χ1n) is 7.94. The number of methoxy groups -OCH3 is 1. The summed E-state index contributed by atoms with van der Waals surface area (Å²) in [4.78, 5) is 24.3. The summed E-state index contributed by atoms with van der Waals surface area (Å²) in [6, 6.07) is 12.4. The lowest BCUT2D eigenvalue weighted by atomic mass is 10.1. The van der Waals surface area contributed by atoms with E-state index in [2.05, 4.69) is 10.6 Å². The molecule has 2 aromatic rings. The zero-order valence-corrected chi connectivity index (χ0v) is 13.8. The number of anilines is 2. The van der Waals surface area contributed by atoms with Crippen LogP contribution in [0.1, 0.15) is 28.8 Å². The Kier molecular flexibility index (Phi) is 4.51. The molecule has 5 nitrogen and oxygen atoms in total. The van der Waals surface area contributed by atoms with Crippen molar-refractivity contribution in [2.24, 2.45) is 5.92 Å². The van der Waals surface area contributed by atoms with Crippen molar-refractivity contribution in [1.29, 1.82) is 0 Å². The fraction of sp³-hybridized carbons (Fsp3) is 0.263. The fourth-order valence-electron chi connectivity index (χ4n) is 2.42. The first-order chi connectivity index (χ1) is 11.6. The van der Waals surface area contributed by atoms with Gasteiger partial charge in [-0.3, -0.25) is 9.59 Å². The molecule has 0 spiro atoms. The third-order valence-electron chi connectivity index (χ3n) is 4.14. The van der Waals surface area contributed by atoms with Gasteiger partial charge in [-0.1, -0.05) is 6.07 Å². The first kappa shape index (κ1) is 16.1.